The molecule has 0 fully saturated rings. The first-order valence-corrected chi connectivity index (χ1v) is 8.50. The van der Waals surface area contributed by atoms with E-state index in [1.165, 1.54) is 6.33 Å². The fraction of sp³-hybridized carbons (Fsp3) is 0.200. The van der Waals surface area contributed by atoms with E-state index in [0.717, 1.165) is 5.56 Å². The number of carbonyl (C=O) groups excluding carboxylic acids is 2. The number of hydrogen-bond donors (Lipinski definition) is 0. The maximum absolute atomic E-state index is 12.1. The zero-order valence-corrected chi connectivity index (χ0v) is 14.9. The maximum Gasteiger partial charge on any atom is 0.338 e. The lowest BCUT2D eigenvalue weighted by atomic mass is 10.1. The summed E-state index contributed by atoms with van der Waals surface area (Å²) in [7, 11) is 0. The van der Waals surface area contributed by atoms with Gasteiger partial charge in [0.2, 0.25) is 0 Å². The molecule has 0 radical (unpaired) electrons. The zero-order chi connectivity index (χ0) is 19.1. The van der Waals surface area contributed by atoms with Gasteiger partial charge in [0.1, 0.15) is 18.4 Å². The molecule has 0 aliphatic heterocycles. The number of aromatic nitrogens is 3. The molecule has 0 amide bonds. The van der Waals surface area contributed by atoms with Crippen molar-refractivity contribution in [3.8, 4) is 5.75 Å². The third-order valence-corrected chi connectivity index (χ3v) is 3.82. The van der Waals surface area contributed by atoms with E-state index in [4.69, 9.17) is 9.47 Å². The van der Waals surface area contributed by atoms with E-state index in [0.29, 0.717) is 30.0 Å². The normalized spacial score (nSPS) is 10.4. The van der Waals surface area contributed by atoms with Gasteiger partial charge in [-0.15, -0.1) is 0 Å². The Hall–Kier alpha value is -3.48. The van der Waals surface area contributed by atoms with E-state index in [1.807, 2.05) is 19.1 Å². The minimum atomic E-state index is -0.540. The fourth-order valence-electron chi connectivity index (χ4n) is 2.45. The topological polar surface area (TPSA) is 83.3 Å². The first kappa shape index (κ1) is 18.3. The van der Waals surface area contributed by atoms with Crippen LogP contribution in [0.1, 0.15) is 33.2 Å². The number of benzene rings is 2. The summed E-state index contributed by atoms with van der Waals surface area (Å²) in [4.78, 5) is 28.2. The van der Waals surface area contributed by atoms with Crippen molar-refractivity contribution in [3.63, 3.8) is 0 Å². The van der Waals surface area contributed by atoms with Crippen molar-refractivity contribution in [2.75, 3.05) is 13.2 Å². The summed E-state index contributed by atoms with van der Waals surface area (Å²) >= 11 is 0. The molecule has 0 bridgehead atoms. The van der Waals surface area contributed by atoms with E-state index < -0.39 is 5.97 Å². The van der Waals surface area contributed by atoms with Crippen molar-refractivity contribution >= 4 is 11.8 Å². The van der Waals surface area contributed by atoms with Crippen molar-refractivity contribution in [2.24, 2.45) is 0 Å². The highest BCUT2D eigenvalue weighted by Crippen LogP contribution is 2.13. The summed E-state index contributed by atoms with van der Waals surface area (Å²) in [6.07, 6.45) is 3.09. The quantitative estimate of drug-likeness (QED) is 0.451. The van der Waals surface area contributed by atoms with Gasteiger partial charge in [0.05, 0.1) is 18.7 Å². The number of carbonyl (C=O) groups is 2. The number of ketones is 1. The molecule has 0 aliphatic rings. The van der Waals surface area contributed by atoms with Gasteiger partial charge in [-0.1, -0.05) is 12.1 Å². The van der Waals surface area contributed by atoms with Gasteiger partial charge >= 0.3 is 5.97 Å². The highest BCUT2D eigenvalue weighted by molar-refractivity contribution is 5.99. The van der Waals surface area contributed by atoms with Gasteiger partial charge in [0.25, 0.3) is 0 Å². The van der Waals surface area contributed by atoms with Gasteiger partial charge in [-0.25, -0.2) is 14.5 Å². The molecular formula is C20H19N3O4. The molecule has 0 atom stereocenters. The van der Waals surface area contributed by atoms with Gasteiger partial charge in [-0.3, -0.25) is 4.79 Å². The van der Waals surface area contributed by atoms with E-state index in [-0.39, 0.29) is 12.4 Å². The Kier molecular flexibility index (Phi) is 5.94. The first-order chi connectivity index (χ1) is 13.2. The Morgan fingerprint density at radius 2 is 1.70 bits per heavy atom. The Bertz CT molecular complexity index is 888. The molecule has 0 saturated carbocycles. The van der Waals surface area contributed by atoms with Crippen LogP contribution in [0.4, 0.5) is 0 Å². The first-order valence-electron chi connectivity index (χ1n) is 8.50. The summed E-state index contributed by atoms with van der Waals surface area (Å²) in [5.74, 6) is -0.118. The van der Waals surface area contributed by atoms with Crippen LogP contribution in [-0.2, 0) is 11.3 Å². The van der Waals surface area contributed by atoms with Gasteiger partial charge in [-0.2, -0.15) is 5.10 Å². The van der Waals surface area contributed by atoms with Crippen molar-refractivity contribution in [2.45, 2.75) is 13.5 Å². The van der Waals surface area contributed by atoms with E-state index in [2.05, 4.69) is 10.1 Å². The SMILES string of the molecule is CCOc1ccc(C(=O)COC(=O)c2ccc(Cn3cncn3)cc2)cc1. The fourth-order valence-corrected chi connectivity index (χ4v) is 2.45. The van der Waals surface area contributed by atoms with Gasteiger partial charge < -0.3 is 9.47 Å². The zero-order valence-electron chi connectivity index (χ0n) is 14.9. The van der Waals surface area contributed by atoms with E-state index in [9.17, 15) is 9.59 Å². The second-order valence-electron chi connectivity index (χ2n) is 5.75. The molecule has 0 N–H and O–H groups in total. The number of ether oxygens (including phenoxy) is 2. The maximum atomic E-state index is 12.1. The summed E-state index contributed by atoms with van der Waals surface area (Å²) < 4.78 is 12.1. The Morgan fingerprint density at radius 1 is 1.00 bits per heavy atom. The number of esters is 1. The summed E-state index contributed by atoms with van der Waals surface area (Å²) in [6.45, 7) is 2.70. The van der Waals surface area contributed by atoms with Crippen LogP contribution in [0.5, 0.6) is 5.75 Å². The van der Waals surface area contributed by atoms with Crippen molar-refractivity contribution in [3.05, 3.63) is 77.9 Å². The molecule has 3 aromatic rings. The molecule has 0 aliphatic carbocycles. The van der Waals surface area contributed by atoms with Crippen LogP contribution in [0.3, 0.4) is 0 Å². The molecule has 1 heterocycles. The predicted molar refractivity (Wildman–Crippen MR) is 97.8 cm³/mol. The number of hydrogen-bond acceptors (Lipinski definition) is 6. The Balaban J connectivity index is 1.53. The molecule has 2 aromatic carbocycles. The van der Waals surface area contributed by atoms with Crippen molar-refractivity contribution in [1.82, 2.24) is 14.8 Å². The number of rotatable bonds is 8. The Labute approximate surface area is 156 Å². The smallest absolute Gasteiger partial charge is 0.338 e. The van der Waals surface area contributed by atoms with Gasteiger partial charge in [0.15, 0.2) is 12.4 Å². The van der Waals surface area contributed by atoms with Crippen LogP contribution >= 0.6 is 0 Å². The molecular weight excluding hydrogens is 346 g/mol. The molecule has 0 saturated heterocycles. The Morgan fingerprint density at radius 3 is 2.33 bits per heavy atom. The predicted octanol–water partition coefficient (Wildman–Crippen LogP) is 2.76. The lowest BCUT2D eigenvalue weighted by Gasteiger charge is -2.07. The third kappa shape index (κ3) is 5.01. The van der Waals surface area contributed by atoms with E-state index >= 15 is 0 Å². The highest BCUT2D eigenvalue weighted by Gasteiger charge is 2.12. The van der Waals surface area contributed by atoms with Crippen LogP contribution in [0.2, 0.25) is 0 Å². The van der Waals surface area contributed by atoms with Gasteiger partial charge in [-0.05, 0) is 48.9 Å². The minimum Gasteiger partial charge on any atom is -0.494 e. The number of nitrogens with zero attached hydrogens (tertiary/aromatic N) is 3. The molecule has 1 aromatic heterocycles. The van der Waals surface area contributed by atoms with Crippen LogP contribution in [0.15, 0.2) is 61.2 Å². The monoisotopic (exact) mass is 365 g/mol. The summed E-state index contributed by atoms with van der Waals surface area (Å²) in [5.41, 5.74) is 1.83. The van der Waals surface area contributed by atoms with Crippen LogP contribution in [-0.4, -0.2) is 39.7 Å². The summed E-state index contributed by atoms with van der Waals surface area (Å²) in [5, 5.41) is 4.03. The summed E-state index contributed by atoms with van der Waals surface area (Å²) in [6, 6.07) is 13.7. The lowest BCUT2D eigenvalue weighted by molar-refractivity contribution is 0.0474. The van der Waals surface area contributed by atoms with Crippen LogP contribution in [0.25, 0.3) is 0 Å². The molecule has 7 heteroatoms. The average Bonchev–Trinajstić information content (AvgIpc) is 3.20. The molecule has 27 heavy (non-hydrogen) atoms. The lowest BCUT2D eigenvalue weighted by Crippen LogP contribution is -2.14. The molecule has 138 valence electrons. The second-order valence-corrected chi connectivity index (χ2v) is 5.75. The van der Waals surface area contributed by atoms with Gasteiger partial charge in [0, 0.05) is 5.56 Å². The van der Waals surface area contributed by atoms with Crippen molar-refractivity contribution in [1.29, 1.82) is 0 Å². The molecule has 0 spiro atoms. The average molecular weight is 365 g/mol. The standard InChI is InChI=1S/C20H19N3O4/c1-2-26-18-9-7-16(8-10-18)19(24)12-27-20(25)17-5-3-15(4-6-17)11-23-14-21-13-22-23/h3-10,13-14H,2,11-12H2,1H3. The van der Waals surface area contributed by atoms with Crippen LogP contribution in [0, 0.1) is 0 Å². The number of Topliss-reactive ketones (excluding diaryl/α,β-unsaturated/α-hetero) is 1. The second kappa shape index (κ2) is 8.75. The van der Waals surface area contributed by atoms with Crippen molar-refractivity contribution < 1.29 is 19.1 Å². The molecule has 0 unspecified atom stereocenters. The van der Waals surface area contributed by atoms with E-state index in [1.54, 1.807) is 47.4 Å². The molecule has 3 rings (SSSR count). The largest absolute Gasteiger partial charge is 0.494 e. The van der Waals surface area contributed by atoms with Crippen LogP contribution < -0.4 is 4.74 Å². The highest BCUT2D eigenvalue weighted by atomic mass is 16.5. The third-order valence-electron chi connectivity index (χ3n) is 3.82. The molecule has 7 nitrogen and oxygen atoms in total. The minimum absolute atomic E-state index is 0.269.